The van der Waals surface area contributed by atoms with Gasteiger partial charge in [-0.2, -0.15) is 0 Å². The van der Waals surface area contributed by atoms with Gasteiger partial charge in [-0.3, -0.25) is 0 Å². The van der Waals surface area contributed by atoms with E-state index < -0.39 is 15.1 Å². The van der Waals surface area contributed by atoms with Crippen molar-refractivity contribution in [3.8, 4) is 0 Å². The van der Waals surface area contributed by atoms with Crippen LogP contribution < -0.4 is 0 Å². The second-order valence-corrected chi connectivity index (χ2v) is 7.54. The molecule has 1 atom stereocenters. The first kappa shape index (κ1) is 15.5. The third-order valence-corrected chi connectivity index (χ3v) is 6.03. The summed E-state index contributed by atoms with van der Waals surface area (Å²) in [6.07, 6.45) is 0. The molecule has 0 aliphatic heterocycles. The quantitative estimate of drug-likeness (QED) is 0.706. The van der Waals surface area contributed by atoms with Crippen LogP contribution in [0.5, 0.6) is 0 Å². The van der Waals surface area contributed by atoms with Crippen molar-refractivity contribution in [1.29, 1.82) is 0 Å². The van der Waals surface area contributed by atoms with Gasteiger partial charge in [0, 0.05) is 0 Å². The highest BCUT2D eigenvalue weighted by Gasteiger charge is 2.31. The van der Waals surface area contributed by atoms with Gasteiger partial charge in [-0.15, -0.1) is 0 Å². The standard InChI is InChI=1S/C20H18O2S/c1-16-10-8-9-15-19(16)20(17-11-4-2-5-12-17)23(21,22)18-13-6-3-7-14-18/h2-15,20H,1H3. The predicted octanol–water partition coefficient (Wildman–Crippen LogP) is 4.56. The van der Waals surface area contributed by atoms with Crippen molar-refractivity contribution in [1.82, 2.24) is 0 Å². The summed E-state index contributed by atoms with van der Waals surface area (Å²) < 4.78 is 26.6. The van der Waals surface area contributed by atoms with E-state index in [1.807, 2.05) is 67.6 Å². The summed E-state index contributed by atoms with van der Waals surface area (Å²) in [5, 5.41) is -0.702. The minimum Gasteiger partial charge on any atom is -0.223 e. The number of aryl methyl sites for hydroxylation is 1. The molecule has 0 radical (unpaired) electrons. The monoisotopic (exact) mass is 322 g/mol. The zero-order chi connectivity index (χ0) is 16.3. The Morgan fingerprint density at radius 2 is 1.22 bits per heavy atom. The van der Waals surface area contributed by atoms with Crippen molar-refractivity contribution in [2.24, 2.45) is 0 Å². The van der Waals surface area contributed by atoms with Crippen LogP contribution in [0.2, 0.25) is 0 Å². The Balaban J connectivity index is 2.24. The van der Waals surface area contributed by atoms with Crippen molar-refractivity contribution in [3.63, 3.8) is 0 Å². The van der Waals surface area contributed by atoms with Crippen molar-refractivity contribution >= 4 is 9.84 Å². The molecule has 0 heterocycles. The summed E-state index contributed by atoms with van der Waals surface area (Å²) in [6.45, 7) is 1.95. The summed E-state index contributed by atoms with van der Waals surface area (Å²) in [4.78, 5) is 0.345. The van der Waals surface area contributed by atoms with E-state index >= 15 is 0 Å². The smallest absolute Gasteiger partial charge is 0.189 e. The van der Waals surface area contributed by atoms with Crippen LogP contribution in [0.4, 0.5) is 0 Å². The van der Waals surface area contributed by atoms with E-state index in [4.69, 9.17) is 0 Å². The average Bonchev–Trinajstić information content (AvgIpc) is 2.58. The molecule has 23 heavy (non-hydrogen) atoms. The van der Waals surface area contributed by atoms with Gasteiger partial charge in [0.25, 0.3) is 0 Å². The molecular formula is C20H18O2S. The third kappa shape index (κ3) is 3.06. The van der Waals surface area contributed by atoms with E-state index in [9.17, 15) is 8.42 Å². The summed E-state index contributed by atoms with van der Waals surface area (Å²) in [6, 6.07) is 25.7. The maximum atomic E-state index is 13.3. The summed E-state index contributed by atoms with van der Waals surface area (Å²) in [5.74, 6) is 0. The van der Waals surface area contributed by atoms with Crippen molar-refractivity contribution < 1.29 is 8.42 Å². The Kier molecular flexibility index (Phi) is 4.30. The SMILES string of the molecule is Cc1ccccc1C(c1ccccc1)S(=O)(=O)c1ccccc1. The fourth-order valence-corrected chi connectivity index (χ4v) is 4.70. The van der Waals surface area contributed by atoms with Crippen LogP contribution in [0.3, 0.4) is 0 Å². The normalized spacial score (nSPS) is 12.7. The summed E-state index contributed by atoms with van der Waals surface area (Å²) in [5.41, 5.74) is 2.58. The molecule has 0 saturated heterocycles. The van der Waals surface area contributed by atoms with Gasteiger partial charge in [-0.05, 0) is 35.7 Å². The van der Waals surface area contributed by atoms with Crippen molar-refractivity contribution in [2.75, 3.05) is 0 Å². The summed E-state index contributed by atoms with van der Waals surface area (Å²) >= 11 is 0. The molecule has 2 nitrogen and oxygen atoms in total. The van der Waals surface area contributed by atoms with Gasteiger partial charge in [0.2, 0.25) is 0 Å². The van der Waals surface area contributed by atoms with E-state index in [1.54, 1.807) is 24.3 Å². The molecule has 0 bridgehead atoms. The van der Waals surface area contributed by atoms with Gasteiger partial charge in [-0.1, -0.05) is 72.8 Å². The van der Waals surface area contributed by atoms with Gasteiger partial charge >= 0.3 is 0 Å². The number of rotatable bonds is 4. The second kappa shape index (κ2) is 6.39. The van der Waals surface area contributed by atoms with Gasteiger partial charge in [-0.25, -0.2) is 8.42 Å². The molecule has 0 N–H and O–H groups in total. The maximum Gasteiger partial charge on any atom is 0.189 e. The van der Waals surface area contributed by atoms with Crippen LogP contribution in [-0.2, 0) is 9.84 Å². The lowest BCUT2D eigenvalue weighted by Gasteiger charge is -2.20. The molecule has 0 saturated carbocycles. The fraction of sp³-hybridized carbons (Fsp3) is 0.100. The van der Waals surface area contributed by atoms with Crippen LogP contribution in [0.15, 0.2) is 89.8 Å². The van der Waals surface area contributed by atoms with E-state index in [1.165, 1.54) is 0 Å². The first-order valence-electron chi connectivity index (χ1n) is 7.50. The Labute approximate surface area is 137 Å². The number of hydrogen-bond donors (Lipinski definition) is 0. The molecular weight excluding hydrogens is 304 g/mol. The van der Waals surface area contributed by atoms with E-state index in [2.05, 4.69) is 0 Å². The zero-order valence-electron chi connectivity index (χ0n) is 12.9. The highest BCUT2D eigenvalue weighted by Crippen LogP contribution is 2.36. The first-order valence-corrected chi connectivity index (χ1v) is 9.05. The van der Waals surface area contributed by atoms with Gasteiger partial charge in [0.1, 0.15) is 5.25 Å². The van der Waals surface area contributed by atoms with E-state index in [0.717, 1.165) is 16.7 Å². The average molecular weight is 322 g/mol. The van der Waals surface area contributed by atoms with Crippen LogP contribution in [0, 0.1) is 6.92 Å². The lowest BCUT2D eigenvalue weighted by Crippen LogP contribution is -2.16. The molecule has 0 aliphatic rings. The molecule has 116 valence electrons. The van der Waals surface area contributed by atoms with Gasteiger partial charge < -0.3 is 0 Å². The Morgan fingerprint density at radius 1 is 0.696 bits per heavy atom. The van der Waals surface area contributed by atoms with Crippen LogP contribution >= 0.6 is 0 Å². The highest BCUT2D eigenvalue weighted by molar-refractivity contribution is 7.91. The maximum absolute atomic E-state index is 13.3. The van der Waals surface area contributed by atoms with Crippen LogP contribution in [0.1, 0.15) is 21.9 Å². The number of hydrogen-bond acceptors (Lipinski definition) is 2. The number of sulfone groups is 1. The zero-order valence-corrected chi connectivity index (χ0v) is 13.7. The van der Waals surface area contributed by atoms with Gasteiger partial charge in [0.15, 0.2) is 9.84 Å². The van der Waals surface area contributed by atoms with Gasteiger partial charge in [0.05, 0.1) is 4.90 Å². The molecule has 0 aliphatic carbocycles. The molecule has 3 heteroatoms. The molecule has 3 aromatic rings. The lowest BCUT2D eigenvalue weighted by molar-refractivity contribution is 0.589. The minimum absolute atomic E-state index is 0.345. The molecule has 0 spiro atoms. The van der Waals surface area contributed by atoms with Crippen LogP contribution in [-0.4, -0.2) is 8.42 Å². The minimum atomic E-state index is -3.53. The molecule has 1 unspecified atom stereocenters. The third-order valence-electron chi connectivity index (χ3n) is 3.96. The lowest BCUT2D eigenvalue weighted by atomic mass is 10.0. The molecule has 0 aromatic heterocycles. The molecule has 3 rings (SSSR count). The highest BCUT2D eigenvalue weighted by atomic mass is 32.2. The van der Waals surface area contributed by atoms with Crippen molar-refractivity contribution in [2.45, 2.75) is 17.1 Å². The Morgan fingerprint density at radius 3 is 1.83 bits per heavy atom. The number of benzene rings is 3. The Bertz CT molecular complexity index is 885. The largest absolute Gasteiger partial charge is 0.223 e. The molecule has 3 aromatic carbocycles. The van der Waals surface area contributed by atoms with Crippen molar-refractivity contribution in [3.05, 3.63) is 102 Å². The second-order valence-electron chi connectivity index (χ2n) is 5.51. The van der Waals surface area contributed by atoms with Crippen LogP contribution in [0.25, 0.3) is 0 Å². The predicted molar refractivity (Wildman–Crippen MR) is 93.1 cm³/mol. The fourth-order valence-electron chi connectivity index (χ4n) is 2.78. The van der Waals surface area contributed by atoms with E-state index in [0.29, 0.717) is 4.90 Å². The van der Waals surface area contributed by atoms with E-state index in [-0.39, 0.29) is 0 Å². The topological polar surface area (TPSA) is 34.1 Å². The summed E-state index contributed by atoms with van der Waals surface area (Å²) in [7, 11) is -3.53. The Hall–Kier alpha value is -2.39. The molecule has 0 amide bonds. The first-order chi connectivity index (χ1) is 11.1. The molecule has 0 fully saturated rings.